The van der Waals surface area contributed by atoms with Crippen LogP contribution in [0, 0.1) is 6.92 Å². The van der Waals surface area contributed by atoms with Crippen molar-refractivity contribution in [1.82, 2.24) is 20.4 Å². The summed E-state index contributed by atoms with van der Waals surface area (Å²) in [4.78, 5) is 4.73. The van der Waals surface area contributed by atoms with E-state index in [1.54, 1.807) is 0 Å². The molecule has 1 aromatic heterocycles. The van der Waals surface area contributed by atoms with Gasteiger partial charge in [-0.05, 0) is 50.8 Å². The van der Waals surface area contributed by atoms with Crippen LogP contribution >= 0.6 is 0 Å². The first-order chi connectivity index (χ1) is 14.1. The summed E-state index contributed by atoms with van der Waals surface area (Å²) in [5.74, 6) is 1.69. The first kappa shape index (κ1) is 22.7. The van der Waals surface area contributed by atoms with Gasteiger partial charge in [0, 0.05) is 38.5 Å². The normalized spacial score (nSPS) is 11.5. The van der Waals surface area contributed by atoms with Gasteiger partial charge >= 0.3 is 0 Å². The molecule has 29 heavy (non-hydrogen) atoms. The van der Waals surface area contributed by atoms with Crippen LogP contribution in [0.2, 0.25) is 0 Å². The fourth-order valence-electron chi connectivity index (χ4n) is 2.89. The van der Waals surface area contributed by atoms with Crippen molar-refractivity contribution in [1.29, 1.82) is 0 Å². The quantitative estimate of drug-likeness (QED) is 0.325. The summed E-state index contributed by atoms with van der Waals surface area (Å²) in [6, 6.07) is 6.24. The van der Waals surface area contributed by atoms with Crippen LogP contribution < -0.4 is 15.4 Å². The number of rotatable bonds is 12. The van der Waals surface area contributed by atoms with Crippen LogP contribution in [0.15, 0.2) is 35.6 Å². The Morgan fingerprint density at radius 1 is 1.21 bits per heavy atom. The average molecular weight is 402 g/mol. The summed E-state index contributed by atoms with van der Waals surface area (Å²) < 4.78 is 13.1. The van der Waals surface area contributed by atoms with E-state index in [4.69, 9.17) is 14.5 Å². The van der Waals surface area contributed by atoms with Crippen LogP contribution in [-0.4, -0.2) is 48.7 Å². The van der Waals surface area contributed by atoms with Gasteiger partial charge in [0.15, 0.2) is 5.96 Å². The maximum Gasteiger partial charge on any atom is 0.191 e. The van der Waals surface area contributed by atoms with E-state index in [9.17, 15) is 0 Å². The summed E-state index contributed by atoms with van der Waals surface area (Å²) >= 11 is 0. The molecule has 0 spiro atoms. The minimum atomic E-state index is 0.542. The van der Waals surface area contributed by atoms with E-state index in [2.05, 4.69) is 54.0 Å². The predicted molar refractivity (Wildman–Crippen MR) is 118 cm³/mol. The van der Waals surface area contributed by atoms with E-state index in [1.807, 2.05) is 24.9 Å². The zero-order chi connectivity index (χ0) is 20.9. The van der Waals surface area contributed by atoms with Gasteiger partial charge in [-0.25, -0.2) is 4.99 Å². The van der Waals surface area contributed by atoms with Gasteiger partial charge in [-0.2, -0.15) is 5.10 Å². The van der Waals surface area contributed by atoms with Gasteiger partial charge in [0.1, 0.15) is 12.4 Å². The minimum Gasteiger partial charge on any atom is -0.491 e. The molecule has 160 valence electrons. The molecule has 2 rings (SSSR count). The third-order valence-corrected chi connectivity index (χ3v) is 4.36. The molecule has 0 aliphatic carbocycles. The summed E-state index contributed by atoms with van der Waals surface area (Å²) in [6.45, 7) is 10.2. The molecule has 2 N–H and O–H groups in total. The molecule has 1 heterocycles. The van der Waals surface area contributed by atoms with E-state index < -0.39 is 0 Å². The molecule has 1 aromatic carbocycles. The van der Waals surface area contributed by atoms with Crippen molar-refractivity contribution in [2.24, 2.45) is 12.0 Å². The van der Waals surface area contributed by atoms with E-state index in [0.717, 1.165) is 43.2 Å². The summed E-state index contributed by atoms with van der Waals surface area (Å²) in [5.41, 5.74) is 3.49. The molecule has 0 unspecified atom stereocenters. The van der Waals surface area contributed by atoms with Gasteiger partial charge in [-0.1, -0.05) is 12.1 Å². The number of guanidine groups is 1. The molecule has 0 atom stereocenters. The van der Waals surface area contributed by atoms with Crippen molar-refractivity contribution in [2.45, 2.75) is 40.2 Å². The Kier molecular flexibility index (Phi) is 10.1. The number of aromatic nitrogens is 2. The molecular weight excluding hydrogens is 366 g/mol. The molecule has 0 amide bonds. The van der Waals surface area contributed by atoms with Gasteiger partial charge < -0.3 is 20.1 Å². The topological polar surface area (TPSA) is 72.7 Å². The largest absolute Gasteiger partial charge is 0.491 e. The molecule has 0 aliphatic heterocycles. The molecule has 2 aromatic rings. The van der Waals surface area contributed by atoms with Crippen LogP contribution in [0.1, 0.15) is 37.0 Å². The molecule has 7 nitrogen and oxygen atoms in total. The Morgan fingerprint density at radius 3 is 2.79 bits per heavy atom. The first-order valence-corrected chi connectivity index (χ1v) is 10.4. The average Bonchev–Trinajstić information content (AvgIpc) is 3.12. The lowest BCUT2D eigenvalue weighted by Crippen LogP contribution is -2.37. The smallest absolute Gasteiger partial charge is 0.191 e. The number of aliphatic imine (C=N–C) groups is 1. The fraction of sp³-hybridized carbons (Fsp3) is 0.545. The summed E-state index contributed by atoms with van der Waals surface area (Å²) in [5, 5.41) is 10.9. The molecule has 0 radical (unpaired) electrons. The lowest BCUT2D eigenvalue weighted by atomic mass is 10.1. The third kappa shape index (κ3) is 8.56. The predicted octanol–water partition coefficient (Wildman–Crippen LogP) is 2.83. The Labute approximate surface area is 174 Å². The molecule has 0 aliphatic rings. The van der Waals surface area contributed by atoms with Crippen molar-refractivity contribution in [3.05, 3.63) is 47.3 Å². The monoisotopic (exact) mass is 401 g/mol. The van der Waals surface area contributed by atoms with Gasteiger partial charge in [0.05, 0.1) is 19.3 Å². The highest BCUT2D eigenvalue weighted by Gasteiger charge is 2.05. The maximum absolute atomic E-state index is 5.92. The number of nitrogens with one attached hydrogen (secondary N) is 2. The van der Waals surface area contributed by atoms with Crippen molar-refractivity contribution < 1.29 is 9.47 Å². The van der Waals surface area contributed by atoms with Crippen LogP contribution in [0.25, 0.3) is 0 Å². The summed E-state index contributed by atoms with van der Waals surface area (Å²) in [7, 11) is 1.94. The maximum atomic E-state index is 5.92. The van der Waals surface area contributed by atoms with Crippen LogP contribution in [0.5, 0.6) is 5.75 Å². The highest BCUT2D eigenvalue weighted by atomic mass is 16.5. The number of aryl methyl sites for hydroxylation is 3. The minimum absolute atomic E-state index is 0.542. The molecule has 7 heteroatoms. The zero-order valence-corrected chi connectivity index (χ0v) is 18.2. The Hall–Kier alpha value is -2.54. The van der Waals surface area contributed by atoms with Crippen molar-refractivity contribution in [3.8, 4) is 5.75 Å². The van der Waals surface area contributed by atoms with Gasteiger partial charge in [-0.15, -0.1) is 0 Å². The number of hydrogen-bond donors (Lipinski definition) is 2. The number of ether oxygens (including phenoxy) is 2. The van der Waals surface area contributed by atoms with E-state index in [1.165, 1.54) is 11.1 Å². The lowest BCUT2D eigenvalue weighted by Gasteiger charge is -2.13. The van der Waals surface area contributed by atoms with Crippen LogP contribution in [0.4, 0.5) is 0 Å². The molecular formula is C22H35N5O2. The highest BCUT2D eigenvalue weighted by Crippen LogP contribution is 2.21. The van der Waals surface area contributed by atoms with E-state index in [0.29, 0.717) is 26.4 Å². The second-order valence-corrected chi connectivity index (χ2v) is 6.90. The zero-order valence-electron chi connectivity index (χ0n) is 18.2. The van der Waals surface area contributed by atoms with E-state index in [-0.39, 0.29) is 0 Å². The number of nitrogens with zero attached hydrogens (tertiary/aromatic N) is 3. The highest BCUT2D eigenvalue weighted by molar-refractivity contribution is 5.79. The second-order valence-electron chi connectivity index (χ2n) is 6.90. The van der Waals surface area contributed by atoms with Crippen LogP contribution in [0.3, 0.4) is 0 Å². The van der Waals surface area contributed by atoms with Crippen LogP contribution in [-0.2, 0) is 24.8 Å². The third-order valence-electron chi connectivity index (χ3n) is 4.36. The van der Waals surface area contributed by atoms with Crippen molar-refractivity contribution in [3.63, 3.8) is 0 Å². The van der Waals surface area contributed by atoms with Gasteiger partial charge in [-0.3, -0.25) is 4.68 Å². The molecule has 0 saturated heterocycles. The molecule has 0 bridgehead atoms. The standard InChI is InChI=1S/C22H35N5O2/c1-5-23-22(24-11-7-8-19-15-26-27(4)17-19)25-16-20-10-9-18(3)14-21(20)29-13-12-28-6-2/h9-10,14-15,17H,5-8,11-13,16H2,1-4H3,(H2,23,24,25). The Balaban J connectivity index is 1.89. The van der Waals surface area contributed by atoms with Crippen molar-refractivity contribution >= 4 is 5.96 Å². The SMILES string of the molecule is CCNC(=NCc1ccc(C)cc1OCCOCC)NCCCc1cnn(C)c1. The molecule has 0 saturated carbocycles. The number of benzene rings is 1. The lowest BCUT2D eigenvalue weighted by molar-refractivity contribution is 0.110. The fourth-order valence-corrected chi connectivity index (χ4v) is 2.89. The first-order valence-electron chi connectivity index (χ1n) is 10.4. The summed E-state index contributed by atoms with van der Waals surface area (Å²) in [6.07, 6.45) is 6.00. The van der Waals surface area contributed by atoms with E-state index >= 15 is 0 Å². The second kappa shape index (κ2) is 12.8. The van der Waals surface area contributed by atoms with Crippen molar-refractivity contribution in [2.75, 3.05) is 32.9 Å². The molecule has 0 fully saturated rings. The Morgan fingerprint density at radius 2 is 2.07 bits per heavy atom. The van der Waals surface area contributed by atoms with Gasteiger partial charge in [0.25, 0.3) is 0 Å². The number of hydrogen-bond acceptors (Lipinski definition) is 4. The Bertz CT molecular complexity index is 757. The van der Waals surface area contributed by atoms with Gasteiger partial charge in [0.2, 0.25) is 0 Å².